The Kier molecular flexibility index (Phi) is 5.11. The van der Waals surface area contributed by atoms with Gasteiger partial charge in [0, 0.05) is 37.3 Å². The predicted molar refractivity (Wildman–Crippen MR) is 125 cm³/mol. The van der Waals surface area contributed by atoms with Crippen molar-refractivity contribution in [1.29, 1.82) is 5.26 Å². The highest BCUT2D eigenvalue weighted by Crippen LogP contribution is 2.31. The molecule has 1 fully saturated rings. The van der Waals surface area contributed by atoms with Gasteiger partial charge in [0.25, 0.3) is 5.56 Å². The van der Waals surface area contributed by atoms with E-state index in [0.717, 1.165) is 41.7 Å². The van der Waals surface area contributed by atoms with Gasteiger partial charge in [-0.2, -0.15) is 5.26 Å². The summed E-state index contributed by atoms with van der Waals surface area (Å²) >= 11 is 0. The molecule has 0 radical (unpaired) electrons. The Bertz CT molecular complexity index is 1410. The first-order valence-electron chi connectivity index (χ1n) is 11.0. The Hall–Kier alpha value is -3.70. The highest BCUT2D eigenvalue weighted by atomic mass is 16.1. The maximum atomic E-state index is 13.6. The van der Waals surface area contributed by atoms with Crippen molar-refractivity contribution in [3.05, 3.63) is 64.3 Å². The molecule has 0 aliphatic carbocycles. The van der Waals surface area contributed by atoms with Crippen LogP contribution in [0.5, 0.6) is 0 Å². The monoisotopic (exact) mass is 427 g/mol. The van der Waals surface area contributed by atoms with E-state index in [0.29, 0.717) is 36.2 Å². The van der Waals surface area contributed by atoms with Gasteiger partial charge < -0.3 is 15.2 Å². The van der Waals surface area contributed by atoms with E-state index in [1.54, 1.807) is 17.1 Å². The van der Waals surface area contributed by atoms with Crippen LogP contribution >= 0.6 is 0 Å². The molecule has 5 rings (SSSR count). The van der Waals surface area contributed by atoms with Crippen molar-refractivity contribution in [2.24, 2.45) is 5.73 Å². The van der Waals surface area contributed by atoms with Gasteiger partial charge in [0.15, 0.2) is 0 Å². The van der Waals surface area contributed by atoms with Gasteiger partial charge in [-0.1, -0.05) is 18.2 Å². The fourth-order valence-corrected chi connectivity index (χ4v) is 4.78. The average Bonchev–Trinajstić information content (AvgIpc) is 3.15. The minimum Gasteiger partial charge on any atom is -0.355 e. The molecule has 4 heterocycles. The van der Waals surface area contributed by atoms with Crippen LogP contribution in [0.4, 0.5) is 5.82 Å². The lowest BCUT2D eigenvalue weighted by atomic mass is 10.1. The van der Waals surface area contributed by atoms with Crippen LogP contribution in [-0.2, 0) is 13.1 Å². The van der Waals surface area contributed by atoms with Gasteiger partial charge in [0.05, 0.1) is 18.4 Å². The Labute approximate surface area is 185 Å². The summed E-state index contributed by atoms with van der Waals surface area (Å²) in [6.45, 7) is 4.42. The van der Waals surface area contributed by atoms with Crippen LogP contribution in [0.1, 0.15) is 30.9 Å². The lowest BCUT2D eigenvalue weighted by molar-refractivity contribution is 0.498. The van der Waals surface area contributed by atoms with E-state index in [4.69, 9.17) is 5.73 Å². The number of aryl methyl sites for hydroxylation is 1. The van der Waals surface area contributed by atoms with Crippen molar-refractivity contribution in [1.82, 2.24) is 19.1 Å². The van der Waals surface area contributed by atoms with Crippen molar-refractivity contribution >= 4 is 27.8 Å². The summed E-state index contributed by atoms with van der Waals surface area (Å²) in [6.07, 6.45) is 5.24. The lowest BCUT2D eigenvalue weighted by Gasteiger charge is -2.33. The van der Waals surface area contributed by atoms with Gasteiger partial charge in [-0.05, 0) is 37.5 Å². The molecular formula is C24H25N7O. The maximum absolute atomic E-state index is 13.6. The number of fused-ring (bicyclic) bond motifs is 2. The third-order valence-corrected chi connectivity index (χ3v) is 6.27. The average molecular weight is 428 g/mol. The van der Waals surface area contributed by atoms with Gasteiger partial charge in [-0.15, -0.1) is 0 Å². The quantitative estimate of drug-likeness (QED) is 0.537. The number of anilines is 1. The number of aromatic nitrogens is 4. The Morgan fingerprint density at radius 3 is 2.88 bits per heavy atom. The summed E-state index contributed by atoms with van der Waals surface area (Å²) < 4.78 is 3.55. The largest absolute Gasteiger partial charge is 0.355 e. The third-order valence-electron chi connectivity index (χ3n) is 6.27. The van der Waals surface area contributed by atoms with Gasteiger partial charge in [-0.25, -0.2) is 4.98 Å². The number of hydrogen-bond donors (Lipinski definition) is 1. The number of rotatable bonds is 4. The van der Waals surface area contributed by atoms with Crippen LogP contribution in [0.25, 0.3) is 21.9 Å². The van der Waals surface area contributed by atoms with E-state index in [1.165, 1.54) is 0 Å². The van der Waals surface area contributed by atoms with E-state index < -0.39 is 0 Å². The molecule has 1 aliphatic rings. The van der Waals surface area contributed by atoms with Gasteiger partial charge in [0.2, 0.25) is 0 Å². The molecule has 0 unspecified atom stereocenters. The molecule has 0 saturated carbocycles. The van der Waals surface area contributed by atoms with E-state index in [2.05, 4.69) is 20.9 Å². The molecule has 1 saturated heterocycles. The number of pyridine rings is 1. The highest BCUT2D eigenvalue weighted by Gasteiger charge is 2.27. The van der Waals surface area contributed by atoms with Crippen LogP contribution in [0.3, 0.4) is 0 Å². The molecule has 1 aliphatic heterocycles. The molecule has 0 bridgehead atoms. The molecule has 8 heteroatoms. The van der Waals surface area contributed by atoms with E-state index in [1.807, 2.05) is 41.8 Å². The summed E-state index contributed by atoms with van der Waals surface area (Å²) in [5.41, 5.74) is 9.33. The molecular weight excluding hydrogens is 402 g/mol. The molecule has 3 aromatic heterocycles. The second kappa shape index (κ2) is 8.09. The molecule has 1 atom stereocenters. The lowest BCUT2D eigenvalue weighted by Crippen LogP contribution is -2.44. The molecule has 1 aromatic carbocycles. The number of nitrogens with two attached hydrogens (primary N) is 1. The summed E-state index contributed by atoms with van der Waals surface area (Å²) in [5.74, 6) is 0.761. The van der Waals surface area contributed by atoms with E-state index in [-0.39, 0.29) is 11.6 Å². The first-order valence-corrected chi connectivity index (χ1v) is 11.0. The molecule has 0 spiro atoms. The van der Waals surface area contributed by atoms with Crippen molar-refractivity contribution < 1.29 is 0 Å². The van der Waals surface area contributed by atoms with E-state index >= 15 is 0 Å². The molecule has 0 amide bonds. The summed E-state index contributed by atoms with van der Waals surface area (Å²) in [7, 11) is 0. The highest BCUT2D eigenvalue weighted by molar-refractivity contribution is 5.89. The summed E-state index contributed by atoms with van der Waals surface area (Å²) in [6, 6.07) is 12.2. The van der Waals surface area contributed by atoms with Gasteiger partial charge >= 0.3 is 0 Å². The second-order valence-electron chi connectivity index (χ2n) is 8.27. The minimum atomic E-state index is -0.151. The molecule has 4 aromatic rings. The van der Waals surface area contributed by atoms with Crippen molar-refractivity contribution in [2.75, 3.05) is 18.0 Å². The van der Waals surface area contributed by atoms with Crippen LogP contribution in [0.15, 0.2) is 47.7 Å². The summed E-state index contributed by atoms with van der Waals surface area (Å²) in [5, 5.41) is 11.0. The van der Waals surface area contributed by atoms with Crippen molar-refractivity contribution in [3.8, 4) is 6.07 Å². The Balaban J connectivity index is 1.67. The Morgan fingerprint density at radius 1 is 1.25 bits per heavy atom. The third kappa shape index (κ3) is 3.22. The zero-order valence-corrected chi connectivity index (χ0v) is 18.0. The zero-order chi connectivity index (χ0) is 22.2. The Morgan fingerprint density at radius 2 is 2.09 bits per heavy atom. The van der Waals surface area contributed by atoms with E-state index in [9.17, 15) is 10.1 Å². The topological polar surface area (TPSA) is 106 Å². The minimum absolute atomic E-state index is 0.0585. The normalized spacial score (nSPS) is 16.5. The molecule has 32 heavy (non-hydrogen) atoms. The van der Waals surface area contributed by atoms with Crippen LogP contribution in [0, 0.1) is 11.3 Å². The number of nitriles is 1. The fourth-order valence-electron chi connectivity index (χ4n) is 4.78. The zero-order valence-electron chi connectivity index (χ0n) is 18.0. The van der Waals surface area contributed by atoms with Crippen LogP contribution in [0.2, 0.25) is 0 Å². The SMILES string of the molecule is CCn1c(N2CCC[C@@H](N)C2)c(C#N)c2ncn(Cc3ccnc4ccccc34)c(=O)c21. The smallest absolute Gasteiger partial charge is 0.278 e. The predicted octanol–water partition coefficient (Wildman–Crippen LogP) is 2.61. The molecule has 2 N–H and O–H groups in total. The molecule has 162 valence electrons. The summed E-state index contributed by atoms with van der Waals surface area (Å²) in [4.78, 5) is 24.7. The second-order valence-corrected chi connectivity index (χ2v) is 8.27. The fraction of sp³-hybridized carbons (Fsp3) is 0.333. The number of benzene rings is 1. The van der Waals surface area contributed by atoms with Crippen molar-refractivity contribution in [3.63, 3.8) is 0 Å². The molecule has 8 nitrogen and oxygen atoms in total. The van der Waals surface area contributed by atoms with Crippen LogP contribution in [-0.4, -0.2) is 38.2 Å². The standard InChI is InChI=1S/C24H25N7O/c1-2-31-22-21(19(12-25)23(31)29-11-5-6-17(26)14-29)28-15-30(24(22)32)13-16-9-10-27-20-8-4-3-7-18(16)20/h3-4,7-10,15,17H,2,5-6,11,13-14,26H2,1H3/t17-/m1/s1. The first-order chi connectivity index (χ1) is 15.6. The van der Waals surface area contributed by atoms with Crippen LogP contribution < -0.4 is 16.2 Å². The van der Waals surface area contributed by atoms with Gasteiger partial charge in [-0.3, -0.25) is 14.3 Å². The first kappa shape index (κ1) is 20.2. The van der Waals surface area contributed by atoms with Gasteiger partial charge in [0.1, 0.15) is 28.5 Å². The maximum Gasteiger partial charge on any atom is 0.278 e. The number of piperidine rings is 1. The number of para-hydroxylation sites is 1. The number of hydrogen-bond acceptors (Lipinski definition) is 6. The number of nitrogens with zero attached hydrogens (tertiary/aromatic N) is 6. The van der Waals surface area contributed by atoms with Crippen molar-refractivity contribution in [2.45, 2.75) is 38.9 Å².